The van der Waals surface area contributed by atoms with E-state index in [-0.39, 0.29) is 11.7 Å². The van der Waals surface area contributed by atoms with Gasteiger partial charge in [0.1, 0.15) is 22.5 Å². The number of aromatic nitrogens is 1. The third-order valence-corrected chi connectivity index (χ3v) is 6.23. The Morgan fingerprint density at radius 3 is 2.54 bits per heavy atom. The van der Waals surface area contributed by atoms with Crippen molar-refractivity contribution in [1.82, 2.24) is 9.88 Å². The predicted octanol–water partition coefficient (Wildman–Crippen LogP) is 5.03. The van der Waals surface area contributed by atoms with Crippen LogP contribution < -0.4 is 4.74 Å². The molecule has 28 heavy (non-hydrogen) atoms. The van der Waals surface area contributed by atoms with Crippen LogP contribution in [0.3, 0.4) is 0 Å². The van der Waals surface area contributed by atoms with E-state index in [4.69, 9.17) is 4.74 Å². The first-order valence-electron chi connectivity index (χ1n) is 8.79. The van der Waals surface area contributed by atoms with Crippen LogP contribution in [0.2, 0.25) is 0 Å². The highest BCUT2D eigenvalue weighted by atomic mass is 32.2. The molecule has 1 amide bonds. The molecule has 1 aromatic heterocycles. The topological polar surface area (TPSA) is 42.4 Å². The molecular formula is C21H21FN2O2S2. The van der Waals surface area contributed by atoms with Gasteiger partial charge < -0.3 is 9.64 Å². The van der Waals surface area contributed by atoms with E-state index in [1.165, 1.54) is 12.1 Å². The van der Waals surface area contributed by atoms with Gasteiger partial charge in [-0.15, -0.1) is 11.3 Å². The molecule has 0 aliphatic heterocycles. The molecule has 0 saturated heterocycles. The summed E-state index contributed by atoms with van der Waals surface area (Å²) in [5.41, 5.74) is 2.83. The van der Waals surface area contributed by atoms with E-state index in [2.05, 4.69) is 4.98 Å². The molecule has 0 aliphatic carbocycles. The largest absolute Gasteiger partial charge is 0.492 e. The van der Waals surface area contributed by atoms with Crippen LogP contribution >= 0.6 is 23.1 Å². The molecule has 2 aromatic carbocycles. The van der Waals surface area contributed by atoms with Gasteiger partial charge in [0.15, 0.2) is 0 Å². The molecule has 3 rings (SSSR count). The quantitative estimate of drug-likeness (QED) is 0.483. The summed E-state index contributed by atoms with van der Waals surface area (Å²) in [6.45, 7) is 2.77. The van der Waals surface area contributed by atoms with Crippen LogP contribution in [0.15, 0.2) is 58.3 Å². The zero-order chi connectivity index (χ0) is 19.9. The first-order valence-corrected chi connectivity index (χ1v) is 10.7. The molecular weight excluding hydrogens is 395 g/mol. The minimum Gasteiger partial charge on any atom is -0.492 e. The van der Waals surface area contributed by atoms with Crippen LogP contribution in [0.5, 0.6) is 5.75 Å². The van der Waals surface area contributed by atoms with Crippen molar-refractivity contribution in [3.63, 3.8) is 0 Å². The van der Waals surface area contributed by atoms with Crippen LogP contribution in [-0.2, 0) is 5.75 Å². The second kappa shape index (κ2) is 9.71. The average molecular weight is 417 g/mol. The van der Waals surface area contributed by atoms with E-state index >= 15 is 0 Å². The number of amides is 1. The van der Waals surface area contributed by atoms with Gasteiger partial charge in [0.2, 0.25) is 0 Å². The molecule has 3 aromatic rings. The number of carbonyl (C=O) groups excluding carboxylic acids is 1. The number of rotatable bonds is 8. The van der Waals surface area contributed by atoms with Gasteiger partial charge in [-0.3, -0.25) is 4.79 Å². The maximum Gasteiger partial charge on any atom is 0.253 e. The third-order valence-electron chi connectivity index (χ3n) is 4.02. The van der Waals surface area contributed by atoms with Crippen molar-refractivity contribution in [2.24, 2.45) is 0 Å². The van der Waals surface area contributed by atoms with Crippen LogP contribution in [-0.4, -0.2) is 36.0 Å². The average Bonchev–Trinajstić information content (AvgIpc) is 3.13. The number of ether oxygens (including phenoxy) is 1. The summed E-state index contributed by atoms with van der Waals surface area (Å²) in [7, 11) is 1.74. The second-order valence-corrected chi connectivity index (χ2v) is 8.35. The van der Waals surface area contributed by atoms with E-state index in [1.807, 2.05) is 36.6 Å². The van der Waals surface area contributed by atoms with Crippen molar-refractivity contribution in [3.8, 4) is 5.75 Å². The fourth-order valence-electron chi connectivity index (χ4n) is 2.44. The van der Waals surface area contributed by atoms with E-state index in [9.17, 15) is 9.18 Å². The van der Waals surface area contributed by atoms with E-state index in [0.29, 0.717) is 24.5 Å². The molecule has 0 unspecified atom stereocenters. The lowest BCUT2D eigenvalue weighted by atomic mass is 10.1. The highest BCUT2D eigenvalue weighted by Crippen LogP contribution is 2.26. The van der Waals surface area contributed by atoms with Crippen LogP contribution in [0.1, 0.15) is 21.6 Å². The maximum absolute atomic E-state index is 12.9. The van der Waals surface area contributed by atoms with Gasteiger partial charge in [-0.05, 0) is 48.9 Å². The summed E-state index contributed by atoms with van der Waals surface area (Å²) in [6.07, 6.45) is 0. The Morgan fingerprint density at radius 1 is 1.18 bits per heavy atom. The Labute approximate surface area is 172 Å². The highest BCUT2D eigenvalue weighted by Gasteiger charge is 2.12. The lowest BCUT2D eigenvalue weighted by Crippen LogP contribution is -2.30. The summed E-state index contributed by atoms with van der Waals surface area (Å²) >= 11 is 3.34. The number of hydrogen-bond donors (Lipinski definition) is 0. The van der Waals surface area contributed by atoms with Gasteiger partial charge in [-0.1, -0.05) is 23.9 Å². The molecule has 146 valence electrons. The van der Waals surface area contributed by atoms with Gasteiger partial charge >= 0.3 is 0 Å². The van der Waals surface area contributed by atoms with Crippen LogP contribution in [0.4, 0.5) is 4.39 Å². The Bertz CT molecular complexity index is 911. The molecule has 0 N–H and O–H groups in total. The number of nitrogens with zero attached hydrogens (tertiary/aromatic N) is 2. The number of hydrogen-bond acceptors (Lipinski definition) is 5. The van der Waals surface area contributed by atoms with E-state index < -0.39 is 0 Å². The summed E-state index contributed by atoms with van der Waals surface area (Å²) in [4.78, 5) is 18.6. The lowest BCUT2D eigenvalue weighted by Gasteiger charge is -2.17. The summed E-state index contributed by atoms with van der Waals surface area (Å²) < 4.78 is 19.5. The Kier molecular flexibility index (Phi) is 7.06. The molecule has 0 atom stereocenters. The van der Waals surface area contributed by atoms with Crippen LogP contribution in [0, 0.1) is 12.7 Å². The first kappa shape index (κ1) is 20.4. The molecule has 0 fully saturated rings. The Hall–Kier alpha value is -2.38. The van der Waals surface area contributed by atoms with Crippen molar-refractivity contribution < 1.29 is 13.9 Å². The third kappa shape index (κ3) is 5.81. The van der Waals surface area contributed by atoms with Crippen molar-refractivity contribution in [2.45, 2.75) is 17.0 Å². The normalized spacial score (nSPS) is 10.7. The number of aryl methyl sites for hydroxylation is 1. The van der Waals surface area contributed by atoms with Crippen molar-refractivity contribution in [2.75, 3.05) is 20.2 Å². The molecule has 0 radical (unpaired) electrons. The second-order valence-electron chi connectivity index (χ2n) is 6.27. The summed E-state index contributed by atoms with van der Waals surface area (Å²) in [6, 6.07) is 13.5. The van der Waals surface area contributed by atoms with Gasteiger partial charge in [-0.2, -0.15) is 0 Å². The number of likely N-dealkylation sites (N-methyl/N-ethyl adjacent to an activating group) is 1. The smallest absolute Gasteiger partial charge is 0.253 e. The van der Waals surface area contributed by atoms with Crippen molar-refractivity contribution in [1.29, 1.82) is 0 Å². The SMILES string of the molecule is Cc1csc(SCc2ccc(C(=O)N(C)CCOc3ccc(F)cc3)cc2)n1. The number of carbonyl (C=O) groups is 1. The minimum absolute atomic E-state index is 0.0579. The van der Waals surface area contributed by atoms with Gasteiger partial charge in [0.05, 0.1) is 6.54 Å². The van der Waals surface area contributed by atoms with Crippen molar-refractivity contribution in [3.05, 3.63) is 76.5 Å². The molecule has 7 heteroatoms. The highest BCUT2D eigenvalue weighted by molar-refractivity contribution is 8.00. The number of benzene rings is 2. The standard InChI is InChI=1S/C21H21FN2O2S2/c1-15-13-27-21(23-15)28-14-16-3-5-17(6-4-16)20(25)24(2)11-12-26-19-9-7-18(22)8-10-19/h3-10,13H,11-12,14H2,1-2H3. The van der Waals surface area contributed by atoms with Gasteiger partial charge in [0.25, 0.3) is 5.91 Å². The minimum atomic E-state index is -0.303. The summed E-state index contributed by atoms with van der Waals surface area (Å²) in [5.74, 6) is 1.04. The zero-order valence-corrected chi connectivity index (χ0v) is 17.4. The van der Waals surface area contributed by atoms with Gasteiger partial charge in [0, 0.05) is 29.4 Å². The predicted molar refractivity (Wildman–Crippen MR) is 112 cm³/mol. The monoisotopic (exact) mass is 416 g/mol. The van der Waals surface area contributed by atoms with Crippen LogP contribution in [0.25, 0.3) is 0 Å². The Balaban J connectivity index is 1.46. The number of thioether (sulfide) groups is 1. The lowest BCUT2D eigenvalue weighted by molar-refractivity contribution is 0.0774. The van der Waals surface area contributed by atoms with Gasteiger partial charge in [-0.25, -0.2) is 9.37 Å². The maximum atomic E-state index is 12.9. The van der Waals surface area contributed by atoms with Crippen molar-refractivity contribution >= 4 is 29.0 Å². The molecule has 1 heterocycles. The zero-order valence-electron chi connectivity index (χ0n) is 15.7. The fraction of sp³-hybridized carbons (Fsp3) is 0.238. The Morgan fingerprint density at radius 2 is 1.89 bits per heavy atom. The molecule has 4 nitrogen and oxygen atoms in total. The summed E-state index contributed by atoms with van der Waals surface area (Å²) in [5, 5.41) is 2.04. The number of thiazole rings is 1. The van der Waals surface area contributed by atoms with E-state index in [1.54, 1.807) is 47.2 Å². The first-order chi connectivity index (χ1) is 13.5. The molecule has 0 aliphatic rings. The molecule has 0 saturated carbocycles. The molecule has 0 bridgehead atoms. The fourth-order valence-corrected chi connectivity index (χ4v) is 4.25. The molecule has 0 spiro atoms. The van der Waals surface area contributed by atoms with E-state index in [0.717, 1.165) is 21.3 Å². The number of halogens is 1.